The molecule has 3 heteroatoms. The van der Waals surface area contributed by atoms with Gasteiger partial charge in [0.05, 0.1) is 0 Å². The molecule has 0 saturated heterocycles. The molecule has 1 aromatic rings. The van der Waals surface area contributed by atoms with Crippen molar-refractivity contribution in [2.45, 2.75) is 32.7 Å². The Hall–Kier alpha value is -1.38. The Morgan fingerprint density at radius 1 is 1.29 bits per heavy atom. The molecule has 3 rings (SSSR count). The number of fused-ring (bicyclic) bond motifs is 2. The van der Waals surface area contributed by atoms with E-state index in [1.54, 1.807) is 0 Å². The Balaban J connectivity index is 2.29. The third-order valence-electron chi connectivity index (χ3n) is 3.27. The van der Waals surface area contributed by atoms with Gasteiger partial charge < -0.3 is 5.32 Å². The van der Waals surface area contributed by atoms with Crippen LogP contribution in [0.3, 0.4) is 0 Å². The van der Waals surface area contributed by atoms with Crippen molar-refractivity contribution >= 4 is 5.91 Å². The van der Waals surface area contributed by atoms with Crippen LogP contribution in [0.15, 0.2) is 0 Å². The van der Waals surface area contributed by atoms with E-state index in [0.29, 0.717) is 12.2 Å². The molecule has 0 spiro atoms. The van der Waals surface area contributed by atoms with Crippen molar-refractivity contribution in [2.24, 2.45) is 0 Å². The quantitative estimate of drug-likeness (QED) is 0.663. The van der Waals surface area contributed by atoms with Gasteiger partial charge in [0.1, 0.15) is 5.69 Å². The highest BCUT2D eigenvalue weighted by atomic mass is 16.2. The normalized spacial score (nSPS) is 17.9. The number of pyridine rings is 1. The highest BCUT2D eigenvalue weighted by molar-refractivity contribution is 5.97. The number of hydrogen-bond donors (Lipinski definition) is 1. The van der Waals surface area contributed by atoms with Gasteiger partial charge in [0.15, 0.2) is 0 Å². The van der Waals surface area contributed by atoms with Gasteiger partial charge in [-0.05, 0) is 37.3 Å². The molecule has 2 aliphatic rings. The number of hydrogen-bond acceptors (Lipinski definition) is 2. The molecule has 0 bridgehead atoms. The number of aromatic nitrogens is 1. The molecule has 14 heavy (non-hydrogen) atoms. The molecule has 0 atom stereocenters. The van der Waals surface area contributed by atoms with E-state index in [9.17, 15) is 4.79 Å². The highest BCUT2D eigenvalue weighted by Gasteiger charge is 2.27. The van der Waals surface area contributed by atoms with Crippen LogP contribution in [-0.2, 0) is 19.4 Å². The number of aryl methyl sites for hydroxylation is 1. The molecule has 0 saturated carbocycles. The predicted octanol–water partition coefficient (Wildman–Crippen LogP) is 1.12. The van der Waals surface area contributed by atoms with Crippen molar-refractivity contribution in [3.8, 4) is 0 Å². The van der Waals surface area contributed by atoms with E-state index in [-0.39, 0.29) is 5.91 Å². The first-order valence-electron chi connectivity index (χ1n) is 5.07. The van der Waals surface area contributed by atoms with Crippen molar-refractivity contribution in [3.05, 3.63) is 28.1 Å². The Morgan fingerprint density at radius 3 is 3.00 bits per heavy atom. The van der Waals surface area contributed by atoms with E-state index in [1.165, 1.54) is 17.5 Å². The van der Waals surface area contributed by atoms with Crippen LogP contribution in [0.1, 0.15) is 39.3 Å². The van der Waals surface area contributed by atoms with Crippen molar-refractivity contribution in [2.75, 3.05) is 0 Å². The van der Waals surface area contributed by atoms with E-state index in [4.69, 9.17) is 0 Å². The number of nitrogens with zero attached hydrogens (tertiary/aromatic N) is 1. The van der Waals surface area contributed by atoms with Crippen LogP contribution in [0, 0.1) is 6.92 Å². The van der Waals surface area contributed by atoms with Gasteiger partial charge in [0.25, 0.3) is 5.91 Å². The van der Waals surface area contributed by atoms with Gasteiger partial charge in [-0.15, -0.1) is 0 Å². The molecule has 0 fully saturated rings. The lowest BCUT2D eigenvalue weighted by molar-refractivity contribution is 0.0961. The molecule has 1 N–H and O–H groups in total. The maximum Gasteiger partial charge on any atom is 0.270 e. The summed E-state index contributed by atoms with van der Waals surface area (Å²) in [4.78, 5) is 15.9. The summed E-state index contributed by atoms with van der Waals surface area (Å²) in [5, 5.41) is 2.83. The zero-order valence-corrected chi connectivity index (χ0v) is 8.18. The number of carbonyl (C=O) groups is 1. The summed E-state index contributed by atoms with van der Waals surface area (Å²) < 4.78 is 0. The fourth-order valence-electron chi connectivity index (χ4n) is 2.47. The summed E-state index contributed by atoms with van der Waals surface area (Å²) in [7, 11) is 0. The second-order valence-electron chi connectivity index (χ2n) is 4.03. The van der Waals surface area contributed by atoms with Gasteiger partial charge in [0, 0.05) is 17.8 Å². The van der Waals surface area contributed by atoms with Crippen LogP contribution in [0.25, 0.3) is 0 Å². The van der Waals surface area contributed by atoms with Crippen LogP contribution >= 0.6 is 0 Å². The third kappa shape index (κ3) is 0.870. The zero-order chi connectivity index (χ0) is 9.71. The van der Waals surface area contributed by atoms with Crippen LogP contribution in [0.4, 0.5) is 0 Å². The Labute approximate surface area is 82.5 Å². The molecule has 2 heterocycles. The van der Waals surface area contributed by atoms with E-state index in [0.717, 1.165) is 24.1 Å². The molecule has 1 aromatic heterocycles. The molecule has 1 aliphatic carbocycles. The molecular formula is C11H12N2O. The van der Waals surface area contributed by atoms with Gasteiger partial charge in [0.2, 0.25) is 0 Å². The van der Waals surface area contributed by atoms with Gasteiger partial charge in [-0.3, -0.25) is 4.79 Å². The fourth-order valence-corrected chi connectivity index (χ4v) is 2.47. The first-order chi connectivity index (χ1) is 6.77. The number of nitrogens with one attached hydrogen (secondary N) is 1. The zero-order valence-electron chi connectivity index (χ0n) is 8.18. The SMILES string of the molecule is Cc1c2c(nc3c1CNC3=O)CCC2. The van der Waals surface area contributed by atoms with Crippen molar-refractivity contribution < 1.29 is 4.79 Å². The summed E-state index contributed by atoms with van der Waals surface area (Å²) in [6, 6.07) is 0. The largest absolute Gasteiger partial charge is 0.347 e. The van der Waals surface area contributed by atoms with Crippen LogP contribution < -0.4 is 5.32 Å². The summed E-state index contributed by atoms with van der Waals surface area (Å²) in [5.41, 5.74) is 5.62. The topological polar surface area (TPSA) is 42.0 Å². The summed E-state index contributed by atoms with van der Waals surface area (Å²) >= 11 is 0. The lowest BCUT2D eigenvalue weighted by Crippen LogP contribution is -2.13. The number of rotatable bonds is 0. The van der Waals surface area contributed by atoms with Gasteiger partial charge in [-0.1, -0.05) is 0 Å². The molecule has 1 amide bonds. The Kier molecular flexibility index (Phi) is 1.46. The molecule has 1 aliphatic heterocycles. The maximum atomic E-state index is 11.4. The molecule has 0 radical (unpaired) electrons. The van der Waals surface area contributed by atoms with Gasteiger partial charge >= 0.3 is 0 Å². The van der Waals surface area contributed by atoms with E-state index < -0.39 is 0 Å². The lowest BCUT2D eigenvalue weighted by Gasteiger charge is -2.07. The minimum atomic E-state index is -0.00204. The average molecular weight is 188 g/mol. The van der Waals surface area contributed by atoms with Crippen molar-refractivity contribution in [3.63, 3.8) is 0 Å². The molecule has 3 nitrogen and oxygen atoms in total. The first-order valence-corrected chi connectivity index (χ1v) is 5.07. The molecule has 0 unspecified atom stereocenters. The fraction of sp³-hybridized carbons (Fsp3) is 0.455. The van der Waals surface area contributed by atoms with E-state index in [1.807, 2.05) is 0 Å². The van der Waals surface area contributed by atoms with E-state index in [2.05, 4.69) is 17.2 Å². The smallest absolute Gasteiger partial charge is 0.270 e. The summed E-state index contributed by atoms with van der Waals surface area (Å²) in [5.74, 6) is -0.00204. The second kappa shape index (κ2) is 2.56. The van der Waals surface area contributed by atoms with Gasteiger partial charge in [-0.2, -0.15) is 0 Å². The van der Waals surface area contributed by atoms with Crippen molar-refractivity contribution in [1.82, 2.24) is 10.3 Å². The standard InChI is InChI=1S/C11H12N2O/c1-6-7-3-2-4-9(7)13-10-8(6)5-12-11(10)14/h2-5H2,1H3,(H,12,14). The van der Waals surface area contributed by atoms with Crippen LogP contribution in [-0.4, -0.2) is 10.9 Å². The first kappa shape index (κ1) is 7.97. The van der Waals surface area contributed by atoms with Crippen molar-refractivity contribution in [1.29, 1.82) is 0 Å². The van der Waals surface area contributed by atoms with Crippen LogP contribution in [0.5, 0.6) is 0 Å². The number of carbonyl (C=O) groups excluding carboxylic acids is 1. The summed E-state index contributed by atoms with van der Waals surface area (Å²) in [6.45, 7) is 2.78. The molecule has 0 aromatic carbocycles. The lowest BCUT2D eigenvalue weighted by atomic mass is 10.0. The maximum absolute atomic E-state index is 11.4. The van der Waals surface area contributed by atoms with Gasteiger partial charge in [-0.25, -0.2) is 4.98 Å². The Bertz CT molecular complexity index is 437. The summed E-state index contributed by atoms with van der Waals surface area (Å²) in [6.07, 6.45) is 3.36. The monoisotopic (exact) mass is 188 g/mol. The third-order valence-corrected chi connectivity index (χ3v) is 3.27. The minimum absolute atomic E-state index is 0.00204. The highest BCUT2D eigenvalue weighted by Crippen LogP contribution is 2.29. The van der Waals surface area contributed by atoms with Crippen LogP contribution in [0.2, 0.25) is 0 Å². The number of amides is 1. The second-order valence-corrected chi connectivity index (χ2v) is 4.03. The average Bonchev–Trinajstić information content (AvgIpc) is 2.75. The molecular weight excluding hydrogens is 176 g/mol. The minimum Gasteiger partial charge on any atom is -0.347 e. The van der Waals surface area contributed by atoms with E-state index >= 15 is 0 Å². The Morgan fingerprint density at radius 2 is 2.14 bits per heavy atom. The predicted molar refractivity (Wildman–Crippen MR) is 52.2 cm³/mol. The molecule has 72 valence electrons.